The predicted molar refractivity (Wildman–Crippen MR) is 76.3 cm³/mol. The summed E-state index contributed by atoms with van der Waals surface area (Å²) >= 11 is 1.97. The molecule has 0 aromatic carbocycles. The summed E-state index contributed by atoms with van der Waals surface area (Å²) in [5.41, 5.74) is 0. The number of nitrogens with one attached hydrogen (secondary N) is 1. The maximum atomic E-state index is 3.77. The molecule has 0 saturated heterocycles. The first-order valence-corrected chi connectivity index (χ1v) is 8.50. The molecule has 1 aliphatic carbocycles. The van der Waals surface area contributed by atoms with Crippen LogP contribution in [-0.2, 0) is 0 Å². The van der Waals surface area contributed by atoms with Gasteiger partial charge in [-0.3, -0.25) is 0 Å². The van der Waals surface area contributed by atoms with Crippen molar-refractivity contribution < 1.29 is 0 Å². The molecule has 0 aromatic rings. The molecule has 0 aliphatic heterocycles. The molecule has 96 valence electrons. The SMILES string of the molecule is CCC1CCCC1NCCCCCCSC. The summed E-state index contributed by atoms with van der Waals surface area (Å²) in [5.74, 6) is 2.31. The van der Waals surface area contributed by atoms with E-state index in [0.29, 0.717) is 0 Å². The van der Waals surface area contributed by atoms with Crippen LogP contribution in [0.15, 0.2) is 0 Å². The Labute approximate surface area is 106 Å². The van der Waals surface area contributed by atoms with Gasteiger partial charge in [0.2, 0.25) is 0 Å². The topological polar surface area (TPSA) is 12.0 Å². The van der Waals surface area contributed by atoms with Gasteiger partial charge in [0.15, 0.2) is 0 Å². The first-order chi connectivity index (χ1) is 7.88. The molecule has 0 bridgehead atoms. The van der Waals surface area contributed by atoms with E-state index in [2.05, 4.69) is 18.5 Å². The number of hydrogen-bond donors (Lipinski definition) is 1. The highest BCUT2D eigenvalue weighted by Gasteiger charge is 2.24. The quantitative estimate of drug-likeness (QED) is 0.612. The molecule has 0 heterocycles. The van der Waals surface area contributed by atoms with E-state index in [1.165, 1.54) is 63.7 Å². The standard InChI is InChI=1S/C14H29NS/c1-3-13-9-8-10-14(13)15-11-6-4-5-7-12-16-2/h13-15H,3-12H2,1-2H3. The van der Waals surface area contributed by atoms with E-state index in [9.17, 15) is 0 Å². The van der Waals surface area contributed by atoms with Crippen LogP contribution in [0.2, 0.25) is 0 Å². The van der Waals surface area contributed by atoms with E-state index < -0.39 is 0 Å². The maximum Gasteiger partial charge on any atom is 0.00952 e. The Morgan fingerprint density at radius 1 is 1.12 bits per heavy atom. The van der Waals surface area contributed by atoms with Gasteiger partial charge >= 0.3 is 0 Å². The predicted octanol–water partition coefficient (Wildman–Crippen LogP) is 4.08. The third-order valence-electron chi connectivity index (χ3n) is 3.87. The molecule has 1 N–H and O–H groups in total. The van der Waals surface area contributed by atoms with Crippen molar-refractivity contribution in [1.29, 1.82) is 0 Å². The lowest BCUT2D eigenvalue weighted by Gasteiger charge is -2.19. The highest BCUT2D eigenvalue weighted by atomic mass is 32.2. The van der Waals surface area contributed by atoms with Crippen LogP contribution in [-0.4, -0.2) is 24.6 Å². The summed E-state index contributed by atoms with van der Waals surface area (Å²) < 4.78 is 0. The summed E-state index contributed by atoms with van der Waals surface area (Å²) in [6.45, 7) is 3.59. The molecule has 1 nitrogen and oxygen atoms in total. The fraction of sp³-hybridized carbons (Fsp3) is 1.00. The van der Waals surface area contributed by atoms with Crippen molar-refractivity contribution in [2.45, 2.75) is 64.3 Å². The Kier molecular flexibility index (Phi) is 8.40. The van der Waals surface area contributed by atoms with Crippen molar-refractivity contribution in [3.8, 4) is 0 Å². The van der Waals surface area contributed by atoms with Gasteiger partial charge in [0, 0.05) is 6.04 Å². The number of rotatable bonds is 9. The second-order valence-electron chi connectivity index (χ2n) is 5.07. The number of thioether (sulfide) groups is 1. The van der Waals surface area contributed by atoms with E-state index in [-0.39, 0.29) is 0 Å². The fourth-order valence-corrected chi connectivity index (χ4v) is 3.30. The van der Waals surface area contributed by atoms with Crippen LogP contribution in [0.25, 0.3) is 0 Å². The third-order valence-corrected chi connectivity index (χ3v) is 4.56. The van der Waals surface area contributed by atoms with Gasteiger partial charge in [-0.05, 0) is 50.2 Å². The minimum absolute atomic E-state index is 0.844. The van der Waals surface area contributed by atoms with Gasteiger partial charge in [-0.2, -0.15) is 11.8 Å². The van der Waals surface area contributed by atoms with Gasteiger partial charge < -0.3 is 5.32 Å². The fourth-order valence-electron chi connectivity index (χ4n) is 2.81. The van der Waals surface area contributed by atoms with Crippen molar-refractivity contribution in [1.82, 2.24) is 5.32 Å². The van der Waals surface area contributed by atoms with Crippen LogP contribution in [0.5, 0.6) is 0 Å². The molecular formula is C14H29NS. The Morgan fingerprint density at radius 2 is 1.94 bits per heavy atom. The lowest BCUT2D eigenvalue weighted by Crippen LogP contribution is -2.32. The molecule has 2 heteroatoms. The van der Waals surface area contributed by atoms with Crippen LogP contribution in [0.1, 0.15) is 58.3 Å². The summed E-state index contributed by atoms with van der Waals surface area (Å²) in [5, 5.41) is 3.77. The normalized spacial score (nSPS) is 25.1. The van der Waals surface area contributed by atoms with Gasteiger partial charge in [-0.1, -0.05) is 32.6 Å². The van der Waals surface area contributed by atoms with Crippen molar-refractivity contribution >= 4 is 11.8 Å². The Hall–Kier alpha value is 0.310. The van der Waals surface area contributed by atoms with Crippen LogP contribution < -0.4 is 5.32 Å². The molecule has 2 atom stereocenters. The Balaban J connectivity index is 1.90. The second-order valence-corrected chi connectivity index (χ2v) is 6.05. The van der Waals surface area contributed by atoms with E-state index in [1.807, 2.05) is 11.8 Å². The van der Waals surface area contributed by atoms with Crippen LogP contribution in [0, 0.1) is 5.92 Å². The maximum absolute atomic E-state index is 3.77. The molecule has 0 spiro atoms. The van der Waals surface area contributed by atoms with Gasteiger partial charge in [0.25, 0.3) is 0 Å². The molecule has 1 fully saturated rings. The van der Waals surface area contributed by atoms with E-state index in [0.717, 1.165) is 12.0 Å². The van der Waals surface area contributed by atoms with Crippen molar-refractivity contribution in [2.75, 3.05) is 18.6 Å². The van der Waals surface area contributed by atoms with Gasteiger partial charge in [-0.15, -0.1) is 0 Å². The van der Waals surface area contributed by atoms with Crippen LogP contribution in [0.4, 0.5) is 0 Å². The minimum atomic E-state index is 0.844. The average Bonchev–Trinajstić information content (AvgIpc) is 2.75. The van der Waals surface area contributed by atoms with Crippen LogP contribution >= 0.6 is 11.8 Å². The molecule has 16 heavy (non-hydrogen) atoms. The molecule has 1 saturated carbocycles. The molecule has 0 amide bonds. The minimum Gasteiger partial charge on any atom is -0.314 e. The third kappa shape index (κ3) is 5.58. The first kappa shape index (κ1) is 14.4. The zero-order valence-corrected chi connectivity index (χ0v) is 12.0. The zero-order valence-electron chi connectivity index (χ0n) is 11.1. The smallest absolute Gasteiger partial charge is 0.00952 e. The molecule has 1 rings (SSSR count). The van der Waals surface area contributed by atoms with Crippen molar-refractivity contribution in [3.63, 3.8) is 0 Å². The van der Waals surface area contributed by atoms with Gasteiger partial charge in [0.05, 0.1) is 0 Å². The Bertz CT molecular complexity index is 161. The molecule has 1 aliphatic rings. The van der Waals surface area contributed by atoms with E-state index in [1.54, 1.807) is 0 Å². The van der Waals surface area contributed by atoms with Crippen molar-refractivity contribution in [2.24, 2.45) is 5.92 Å². The van der Waals surface area contributed by atoms with Gasteiger partial charge in [0.1, 0.15) is 0 Å². The summed E-state index contributed by atoms with van der Waals surface area (Å²) in [6, 6.07) is 0.844. The highest BCUT2D eigenvalue weighted by molar-refractivity contribution is 7.98. The van der Waals surface area contributed by atoms with E-state index in [4.69, 9.17) is 0 Å². The molecule has 0 radical (unpaired) electrons. The van der Waals surface area contributed by atoms with E-state index >= 15 is 0 Å². The first-order valence-electron chi connectivity index (χ1n) is 7.10. The lowest BCUT2D eigenvalue weighted by molar-refractivity contribution is 0.386. The van der Waals surface area contributed by atoms with Gasteiger partial charge in [-0.25, -0.2) is 0 Å². The molecule has 0 aromatic heterocycles. The average molecular weight is 243 g/mol. The van der Waals surface area contributed by atoms with Crippen molar-refractivity contribution in [3.05, 3.63) is 0 Å². The monoisotopic (exact) mass is 243 g/mol. The summed E-state index contributed by atoms with van der Waals surface area (Å²) in [7, 11) is 0. The second kappa shape index (κ2) is 9.35. The molecular weight excluding hydrogens is 214 g/mol. The molecule has 2 unspecified atom stereocenters. The zero-order chi connectivity index (χ0) is 11.6. The number of unbranched alkanes of at least 4 members (excludes halogenated alkanes) is 3. The Morgan fingerprint density at radius 3 is 2.69 bits per heavy atom. The van der Waals surface area contributed by atoms with Crippen LogP contribution in [0.3, 0.4) is 0 Å². The largest absolute Gasteiger partial charge is 0.314 e. The number of hydrogen-bond acceptors (Lipinski definition) is 2. The highest BCUT2D eigenvalue weighted by Crippen LogP contribution is 2.27. The lowest BCUT2D eigenvalue weighted by atomic mass is 10.0. The summed E-state index contributed by atoms with van der Waals surface area (Å²) in [6.07, 6.45) is 13.5. The summed E-state index contributed by atoms with van der Waals surface area (Å²) in [4.78, 5) is 0.